The molecule has 6 nitrogen and oxygen atoms in total. The molecule has 0 aliphatic rings. The number of rotatable bonds is 71. The van der Waals surface area contributed by atoms with Crippen LogP contribution in [-0.4, -0.2) is 37.2 Å². The first-order chi connectivity index (χ1) is 40.0. The predicted molar refractivity (Wildman–Crippen MR) is 354 cm³/mol. The van der Waals surface area contributed by atoms with E-state index in [1.807, 2.05) is 0 Å². The average molecular weight is 1140 g/mol. The third-order valence-corrected chi connectivity index (χ3v) is 17.6. The molecule has 0 N–H and O–H groups in total. The summed E-state index contributed by atoms with van der Waals surface area (Å²) in [6.07, 6.45) is 84.7. The fourth-order valence-electron chi connectivity index (χ4n) is 12.0. The van der Waals surface area contributed by atoms with Crippen LogP contribution in [0.2, 0.25) is 0 Å². The van der Waals surface area contributed by atoms with E-state index >= 15 is 0 Å². The fraction of sp³-hybridized carbons (Fsp3) is 0.960. The minimum absolute atomic E-state index is 0.0607. The summed E-state index contributed by atoms with van der Waals surface area (Å²) in [6, 6.07) is 0. The molecule has 0 aliphatic heterocycles. The number of esters is 3. The molecule has 0 radical (unpaired) electrons. The molecule has 0 rings (SSSR count). The molecule has 0 saturated carbocycles. The van der Waals surface area contributed by atoms with E-state index in [2.05, 4.69) is 20.8 Å². The largest absolute Gasteiger partial charge is 0.462 e. The highest BCUT2D eigenvalue weighted by Crippen LogP contribution is 2.20. The van der Waals surface area contributed by atoms with Crippen molar-refractivity contribution in [2.75, 3.05) is 13.2 Å². The molecule has 482 valence electrons. The molecule has 6 heteroatoms. The van der Waals surface area contributed by atoms with Gasteiger partial charge in [-0.2, -0.15) is 0 Å². The second kappa shape index (κ2) is 70.9. The molecule has 0 aromatic rings. The molecule has 81 heavy (non-hydrogen) atoms. The topological polar surface area (TPSA) is 78.9 Å². The molecule has 0 heterocycles. The lowest BCUT2D eigenvalue weighted by molar-refractivity contribution is -0.167. The second-order valence-corrected chi connectivity index (χ2v) is 25.9. The summed E-state index contributed by atoms with van der Waals surface area (Å²) in [5.74, 6) is -0.825. The van der Waals surface area contributed by atoms with Crippen molar-refractivity contribution in [2.24, 2.45) is 0 Å². The van der Waals surface area contributed by atoms with E-state index in [9.17, 15) is 14.4 Å². The van der Waals surface area contributed by atoms with Gasteiger partial charge in [0.25, 0.3) is 0 Å². The van der Waals surface area contributed by atoms with Gasteiger partial charge in [-0.15, -0.1) is 0 Å². The van der Waals surface area contributed by atoms with E-state index in [0.717, 1.165) is 57.8 Å². The van der Waals surface area contributed by atoms with Gasteiger partial charge in [-0.25, -0.2) is 0 Å². The van der Waals surface area contributed by atoms with E-state index < -0.39 is 6.10 Å². The molecule has 0 aromatic carbocycles. The molecule has 0 aromatic heterocycles. The quantitative estimate of drug-likeness (QED) is 0.0343. The van der Waals surface area contributed by atoms with E-state index in [1.165, 1.54) is 347 Å². The summed E-state index contributed by atoms with van der Waals surface area (Å²) in [4.78, 5) is 38.3. The van der Waals surface area contributed by atoms with Crippen molar-refractivity contribution in [1.82, 2.24) is 0 Å². The highest BCUT2D eigenvalue weighted by atomic mass is 16.6. The summed E-state index contributed by atoms with van der Waals surface area (Å²) in [5.41, 5.74) is 0. The van der Waals surface area contributed by atoms with Crippen LogP contribution in [-0.2, 0) is 28.6 Å². The fourth-order valence-corrected chi connectivity index (χ4v) is 12.0. The van der Waals surface area contributed by atoms with Gasteiger partial charge in [0, 0.05) is 19.3 Å². The molecule has 0 saturated heterocycles. The molecule has 0 aliphatic carbocycles. The Kier molecular flexibility index (Phi) is 69.5. The van der Waals surface area contributed by atoms with Gasteiger partial charge in [0.1, 0.15) is 13.2 Å². The minimum Gasteiger partial charge on any atom is -0.462 e. The van der Waals surface area contributed by atoms with Crippen molar-refractivity contribution in [3.63, 3.8) is 0 Å². The number of hydrogen-bond acceptors (Lipinski definition) is 6. The maximum absolute atomic E-state index is 12.9. The van der Waals surface area contributed by atoms with Crippen LogP contribution >= 0.6 is 0 Å². The summed E-state index contributed by atoms with van der Waals surface area (Å²) >= 11 is 0. The monoisotopic (exact) mass is 1140 g/mol. The first-order valence-corrected chi connectivity index (χ1v) is 37.5. The molecule has 1 atom stereocenters. The van der Waals surface area contributed by atoms with Crippen LogP contribution < -0.4 is 0 Å². The van der Waals surface area contributed by atoms with E-state index in [1.54, 1.807) is 0 Å². The van der Waals surface area contributed by atoms with Crippen LogP contribution in [0.5, 0.6) is 0 Å². The van der Waals surface area contributed by atoms with Gasteiger partial charge in [-0.1, -0.05) is 406 Å². The van der Waals surface area contributed by atoms with Gasteiger partial charge in [-0.05, 0) is 19.3 Å². The van der Waals surface area contributed by atoms with E-state index in [-0.39, 0.29) is 31.1 Å². The Morgan fingerprint density at radius 3 is 0.494 bits per heavy atom. The SMILES string of the molecule is CCCCCCCCCCCCCCCCCCCCCCCCCCCCCCCCCCCC(=O)OCC(COC(=O)CCCCCCCCCCC)OC(=O)CCCCCCCCCCCCCCCCCCCCCCC. The van der Waals surface area contributed by atoms with Crippen LogP contribution in [0.3, 0.4) is 0 Å². The van der Waals surface area contributed by atoms with Crippen LogP contribution in [0.4, 0.5) is 0 Å². The lowest BCUT2D eigenvalue weighted by atomic mass is 10.0. The van der Waals surface area contributed by atoms with Crippen molar-refractivity contribution in [3.8, 4) is 0 Å². The molecule has 0 amide bonds. The first-order valence-electron chi connectivity index (χ1n) is 37.5. The average Bonchev–Trinajstić information content (AvgIpc) is 3.47. The second-order valence-electron chi connectivity index (χ2n) is 25.9. The van der Waals surface area contributed by atoms with Gasteiger partial charge in [-0.3, -0.25) is 14.4 Å². The molecular weight excluding hydrogens is 997 g/mol. The molecule has 0 fully saturated rings. The van der Waals surface area contributed by atoms with Crippen molar-refractivity contribution < 1.29 is 28.6 Å². The molecule has 0 spiro atoms. The Morgan fingerprint density at radius 1 is 0.198 bits per heavy atom. The summed E-state index contributed by atoms with van der Waals surface area (Å²) in [7, 11) is 0. The third kappa shape index (κ3) is 69.1. The van der Waals surface area contributed by atoms with Gasteiger partial charge in [0.2, 0.25) is 0 Å². The standard InChI is InChI=1S/C75H146O6/c1-4-7-10-13-16-19-21-23-25-27-29-31-32-33-34-35-36-37-38-39-40-41-42-44-45-47-49-51-53-56-59-62-65-68-74(77)80-71-72(70-79-73(76)67-64-61-58-55-18-15-12-9-6-3)81-75(78)69-66-63-60-57-54-52-50-48-46-43-30-28-26-24-22-20-17-14-11-8-5-2/h72H,4-71H2,1-3H3. The van der Waals surface area contributed by atoms with Crippen LogP contribution in [0, 0.1) is 0 Å². The van der Waals surface area contributed by atoms with Crippen LogP contribution in [0.15, 0.2) is 0 Å². The van der Waals surface area contributed by atoms with E-state index in [4.69, 9.17) is 14.2 Å². The number of ether oxygens (including phenoxy) is 3. The zero-order valence-corrected chi connectivity index (χ0v) is 55.6. The van der Waals surface area contributed by atoms with Gasteiger partial charge in [0.05, 0.1) is 0 Å². The predicted octanol–water partition coefficient (Wildman–Crippen LogP) is 25.8. The maximum Gasteiger partial charge on any atom is 0.306 e. The molecule has 0 bridgehead atoms. The zero-order chi connectivity index (χ0) is 58.5. The van der Waals surface area contributed by atoms with Crippen molar-refractivity contribution in [2.45, 2.75) is 451 Å². The summed E-state index contributed by atoms with van der Waals surface area (Å²) in [6.45, 7) is 6.72. The lowest BCUT2D eigenvalue weighted by Crippen LogP contribution is -2.30. The van der Waals surface area contributed by atoms with E-state index in [0.29, 0.717) is 19.3 Å². The number of carbonyl (C=O) groups is 3. The van der Waals surface area contributed by atoms with Gasteiger partial charge >= 0.3 is 17.9 Å². The highest BCUT2D eigenvalue weighted by Gasteiger charge is 2.20. The number of hydrogen-bond donors (Lipinski definition) is 0. The maximum atomic E-state index is 12.9. The molecule has 1 unspecified atom stereocenters. The zero-order valence-electron chi connectivity index (χ0n) is 55.6. The van der Waals surface area contributed by atoms with Crippen molar-refractivity contribution >= 4 is 17.9 Å². The normalized spacial score (nSPS) is 11.9. The summed E-state index contributed by atoms with van der Waals surface area (Å²) < 4.78 is 17.0. The number of carbonyl (C=O) groups excluding carboxylic acids is 3. The smallest absolute Gasteiger partial charge is 0.306 e. The third-order valence-electron chi connectivity index (χ3n) is 17.6. The Bertz CT molecular complexity index is 1220. The first kappa shape index (κ1) is 79.4. The summed E-state index contributed by atoms with van der Waals surface area (Å²) in [5, 5.41) is 0. The Morgan fingerprint density at radius 2 is 0.333 bits per heavy atom. The molecular formula is C75H146O6. The van der Waals surface area contributed by atoms with Gasteiger partial charge < -0.3 is 14.2 Å². The van der Waals surface area contributed by atoms with Crippen molar-refractivity contribution in [1.29, 1.82) is 0 Å². The Balaban J connectivity index is 3.98. The Labute approximate surface area is 508 Å². The minimum atomic E-state index is -0.762. The van der Waals surface area contributed by atoms with Crippen molar-refractivity contribution in [3.05, 3.63) is 0 Å². The van der Waals surface area contributed by atoms with Gasteiger partial charge in [0.15, 0.2) is 6.10 Å². The Hall–Kier alpha value is -1.59. The van der Waals surface area contributed by atoms with Crippen LogP contribution in [0.1, 0.15) is 445 Å². The highest BCUT2D eigenvalue weighted by molar-refractivity contribution is 5.71. The lowest BCUT2D eigenvalue weighted by Gasteiger charge is -2.18. The van der Waals surface area contributed by atoms with Crippen LogP contribution in [0.25, 0.3) is 0 Å². The number of unbranched alkanes of at least 4 members (excludes halogenated alkanes) is 60.